The summed E-state index contributed by atoms with van der Waals surface area (Å²) in [7, 11) is 0. The van der Waals surface area contributed by atoms with Crippen LogP contribution in [0.25, 0.3) is 21.7 Å². The number of nitrogens with two attached hydrogens (primary N) is 2. The standard InChI is InChI=1S/C16H18N4S3/c17-15(18)21-7-9-3-1-5-11-12-6-2-4-10(8-22-16(19)20)14(12)23-13(9)11/h1,3,5-6H,2,4,7-8H2,(H3,17,18)(H3,19,20). The Balaban J connectivity index is 2.11. The van der Waals surface area contributed by atoms with Gasteiger partial charge >= 0.3 is 0 Å². The van der Waals surface area contributed by atoms with E-state index >= 15 is 0 Å². The van der Waals surface area contributed by atoms with E-state index in [9.17, 15) is 0 Å². The summed E-state index contributed by atoms with van der Waals surface area (Å²) in [4.78, 5) is 0. The molecule has 120 valence electrons. The van der Waals surface area contributed by atoms with E-state index in [-0.39, 0.29) is 10.3 Å². The summed E-state index contributed by atoms with van der Waals surface area (Å²) >= 11 is 4.58. The Labute approximate surface area is 147 Å². The first-order chi connectivity index (χ1) is 11.1. The van der Waals surface area contributed by atoms with Crippen LogP contribution in [0.3, 0.4) is 0 Å². The van der Waals surface area contributed by atoms with E-state index in [0.717, 1.165) is 24.3 Å². The molecular weight excluding hydrogens is 344 g/mol. The van der Waals surface area contributed by atoms with Gasteiger partial charge in [-0.05, 0) is 29.2 Å². The van der Waals surface area contributed by atoms with Gasteiger partial charge in [0.2, 0.25) is 0 Å². The van der Waals surface area contributed by atoms with E-state index in [2.05, 4.69) is 24.3 Å². The quantitative estimate of drug-likeness (QED) is 0.495. The van der Waals surface area contributed by atoms with Crippen LogP contribution >= 0.6 is 34.9 Å². The lowest BCUT2D eigenvalue weighted by atomic mass is 10.0. The van der Waals surface area contributed by atoms with E-state index in [1.165, 1.54) is 54.5 Å². The van der Waals surface area contributed by atoms with E-state index in [1.807, 2.05) is 11.3 Å². The second kappa shape index (κ2) is 6.98. The molecule has 0 atom stereocenters. The van der Waals surface area contributed by atoms with Crippen molar-refractivity contribution in [3.05, 3.63) is 33.5 Å². The highest BCUT2D eigenvalue weighted by molar-refractivity contribution is 8.14. The van der Waals surface area contributed by atoms with Crippen molar-refractivity contribution in [1.82, 2.24) is 0 Å². The van der Waals surface area contributed by atoms with Crippen LogP contribution in [0.5, 0.6) is 0 Å². The molecule has 4 nitrogen and oxygen atoms in total. The second-order valence-corrected chi connectivity index (χ2v) is 8.35. The van der Waals surface area contributed by atoms with E-state index in [4.69, 9.17) is 22.3 Å². The fraction of sp³-hybridized carbons (Fsp3) is 0.250. The highest BCUT2D eigenvalue weighted by Gasteiger charge is 2.13. The van der Waals surface area contributed by atoms with Gasteiger partial charge in [0.1, 0.15) is 0 Å². The fourth-order valence-electron chi connectivity index (χ4n) is 2.74. The minimum Gasteiger partial charge on any atom is -0.379 e. The third kappa shape index (κ3) is 3.57. The molecule has 0 unspecified atom stereocenters. The third-order valence-corrected chi connectivity index (χ3v) is 6.71. The Kier molecular flexibility index (Phi) is 4.99. The van der Waals surface area contributed by atoms with Crippen LogP contribution in [0.1, 0.15) is 18.4 Å². The number of hydrogen-bond acceptors (Lipinski definition) is 5. The Morgan fingerprint density at radius 1 is 1.13 bits per heavy atom. The lowest BCUT2D eigenvalue weighted by Crippen LogP contribution is -2.25. The average molecular weight is 363 g/mol. The lowest BCUT2D eigenvalue weighted by Gasteiger charge is -2.07. The van der Waals surface area contributed by atoms with E-state index in [0.29, 0.717) is 0 Å². The average Bonchev–Trinajstić information content (AvgIpc) is 2.90. The molecule has 1 aromatic heterocycles. The summed E-state index contributed by atoms with van der Waals surface area (Å²) in [5.41, 5.74) is 13.6. The molecule has 7 heteroatoms. The molecule has 2 aromatic rings. The van der Waals surface area contributed by atoms with Gasteiger partial charge in [-0.2, -0.15) is 0 Å². The number of rotatable bonds is 4. The van der Waals surface area contributed by atoms with Crippen molar-refractivity contribution >= 4 is 66.9 Å². The van der Waals surface area contributed by atoms with Crippen molar-refractivity contribution in [2.45, 2.75) is 18.6 Å². The predicted molar refractivity (Wildman–Crippen MR) is 106 cm³/mol. The highest BCUT2D eigenvalue weighted by atomic mass is 32.2. The minimum atomic E-state index is 0.153. The minimum absolute atomic E-state index is 0.153. The number of nitrogens with one attached hydrogen (secondary N) is 2. The van der Waals surface area contributed by atoms with Crippen LogP contribution < -0.4 is 21.2 Å². The zero-order chi connectivity index (χ0) is 16.4. The lowest BCUT2D eigenvalue weighted by molar-refractivity contribution is 1.08. The van der Waals surface area contributed by atoms with E-state index in [1.54, 1.807) is 0 Å². The number of amidine groups is 2. The van der Waals surface area contributed by atoms with Crippen molar-refractivity contribution in [3.8, 4) is 0 Å². The van der Waals surface area contributed by atoms with Crippen LogP contribution in [0.15, 0.2) is 18.2 Å². The Hall–Kier alpha value is -1.44. The summed E-state index contributed by atoms with van der Waals surface area (Å²) in [6.07, 6.45) is 4.40. The summed E-state index contributed by atoms with van der Waals surface area (Å²) in [6, 6.07) is 6.37. The van der Waals surface area contributed by atoms with Crippen molar-refractivity contribution in [2.24, 2.45) is 11.5 Å². The second-order valence-electron chi connectivity index (χ2n) is 5.29. The summed E-state index contributed by atoms with van der Waals surface area (Å²) in [6.45, 7) is 0. The normalized spacial score (nSPS) is 13.7. The Morgan fingerprint density at radius 2 is 1.87 bits per heavy atom. The molecule has 23 heavy (non-hydrogen) atoms. The molecule has 0 fully saturated rings. The van der Waals surface area contributed by atoms with Crippen molar-refractivity contribution < 1.29 is 0 Å². The van der Waals surface area contributed by atoms with E-state index < -0.39 is 0 Å². The molecule has 0 saturated heterocycles. The monoisotopic (exact) mass is 362 g/mol. The molecule has 0 spiro atoms. The van der Waals surface area contributed by atoms with Gasteiger partial charge in [0, 0.05) is 26.1 Å². The molecule has 6 N–H and O–H groups in total. The van der Waals surface area contributed by atoms with Gasteiger partial charge in [-0.3, -0.25) is 10.8 Å². The topological polar surface area (TPSA) is 99.7 Å². The molecular formula is C16H18N4S3. The molecule has 0 bridgehead atoms. The number of thioether (sulfide) groups is 2. The van der Waals surface area contributed by atoms with Crippen molar-refractivity contribution in [2.75, 3.05) is 5.75 Å². The molecule has 1 aliphatic rings. The van der Waals surface area contributed by atoms with Crippen LogP contribution in [0.2, 0.25) is 0 Å². The summed E-state index contributed by atoms with van der Waals surface area (Å²) in [5.74, 6) is 1.52. The van der Waals surface area contributed by atoms with Gasteiger partial charge < -0.3 is 11.5 Å². The Morgan fingerprint density at radius 3 is 2.61 bits per heavy atom. The molecule has 0 saturated carbocycles. The number of benzene rings is 1. The van der Waals surface area contributed by atoms with Gasteiger partial charge in [0.05, 0.1) is 0 Å². The first kappa shape index (κ1) is 16.4. The van der Waals surface area contributed by atoms with Crippen LogP contribution in [-0.4, -0.2) is 16.1 Å². The molecule has 3 rings (SSSR count). The zero-order valence-corrected chi connectivity index (χ0v) is 15.0. The number of fused-ring (bicyclic) bond motifs is 3. The smallest absolute Gasteiger partial charge is 0.151 e. The third-order valence-electron chi connectivity index (χ3n) is 3.74. The zero-order valence-electron chi connectivity index (χ0n) is 12.5. The molecule has 0 aliphatic heterocycles. The molecule has 1 aromatic carbocycles. The highest BCUT2D eigenvalue weighted by Crippen LogP contribution is 2.25. The van der Waals surface area contributed by atoms with Gasteiger partial charge in [0.25, 0.3) is 0 Å². The van der Waals surface area contributed by atoms with Crippen LogP contribution in [0.4, 0.5) is 0 Å². The summed E-state index contributed by atoms with van der Waals surface area (Å²) < 4.78 is 2.62. The fourth-order valence-corrected chi connectivity index (χ4v) is 5.48. The van der Waals surface area contributed by atoms with Gasteiger partial charge in [-0.25, -0.2) is 0 Å². The Bertz CT molecular complexity index is 898. The maximum absolute atomic E-state index is 7.42. The SMILES string of the molecule is N=C(N)SCC1=c2sc3c(CSC(=N)N)cccc3c2=CCC1. The maximum atomic E-state index is 7.42. The predicted octanol–water partition coefficient (Wildman–Crippen LogP) is 2.38. The van der Waals surface area contributed by atoms with Crippen molar-refractivity contribution in [1.29, 1.82) is 10.8 Å². The van der Waals surface area contributed by atoms with Gasteiger partial charge in [-0.15, -0.1) is 11.3 Å². The van der Waals surface area contributed by atoms with Crippen LogP contribution in [-0.2, 0) is 5.75 Å². The number of hydrogen-bond donors (Lipinski definition) is 4. The van der Waals surface area contributed by atoms with Gasteiger partial charge in [-0.1, -0.05) is 47.8 Å². The summed E-state index contributed by atoms with van der Waals surface area (Å²) in [5, 5.41) is 17.8. The first-order valence-corrected chi connectivity index (χ1v) is 10.0. The number of thiophene rings is 1. The first-order valence-electron chi connectivity index (χ1n) is 7.22. The van der Waals surface area contributed by atoms with Crippen LogP contribution in [0, 0.1) is 10.8 Å². The van der Waals surface area contributed by atoms with Crippen molar-refractivity contribution in [3.63, 3.8) is 0 Å². The molecule has 1 aliphatic carbocycles. The molecule has 0 amide bonds. The maximum Gasteiger partial charge on any atom is 0.151 e. The van der Waals surface area contributed by atoms with Gasteiger partial charge in [0.15, 0.2) is 10.3 Å². The largest absolute Gasteiger partial charge is 0.379 e. The molecule has 1 heterocycles. The molecule has 0 radical (unpaired) electrons.